The van der Waals surface area contributed by atoms with E-state index in [1.165, 1.54) is 12.0 Å². The molecule has 0 heteroatoms. The maximum atomic E-state index is 2.31. The number of hydrogen-bond acceptors (Lipinski definition) is 0. The summed E-state index contributed by atoms with van der Waals surface area (Å²) in [5.74, 6) is 0. The van der Waals surface area contributed by atoms with E-state index in [1.807, 2.05) is 0 Å². The summed E-state index contributed by atoms with van der Waals surface area (Å²) < 4.78 is 0. The van der Waals surface area contributed by atoms with Crippen molar-refractivity contribution in [2.45, 2.75) is 32.6 Å². The largest absolute Gasteiger partial charge is 0.0617 e. The molecule has 1 aromatic carbocycles. The average Bonchev–Trinajstić information content (AvgIpc) is 1.92. The maximum Gasteiger partial charge on any atom is -0.00602 e. The minimum absolute atomic E-state index is 0.446. The van der Waals surface area contributed by atoms with Crippen molar-refractivity contribution in [2.75, 3.05) is 0 Å². The number of benzene rings is 1. The summed E-state index contributed by atoms with van der Waals surface area (Å²) in [6.07, 6.45) is 1.26. The first-order chi connectivity index (χ1) is 5.11. The van der Waals surface area contributed by atoms with Crippen LogP contribution < -0.4 is 0 Å². The van der Waals surface area contributed by atoms with Gasteiger partial charge in [-0.05, 0) is 35.4 Å². The van der Waals surface area contributed by atoms with Gasteiger partial charge >= 0.3 is 0 Å². The predicted octanol–water partition coefficient (Wildman–Crippen LogP) is 2.83. The lowest BCUT2D eigenvalue weighted by molar-refractivity contribution is 0.453. The lowest BCUT2D eigenvalue weighted by Gasteiger charge is -2.39. The van der Waals surface area contributed by atoms with E-state index < -0.39 is 0 Å². The maximum absolute atomic E-state index is 2.31. The monoisotopic (exact) mass is 146 g/mol. The Morgan fingerprint density at radius 3 is 2.55 bits per heavy atom. The first-order valence-electron chi connectivity index (χ1n) is 4.20. The van der Waals surface area contributed by atoms with Crippen LogP contribution in [0.2, 0.25) is 0 Å². The van der Waals surface area contributed by atoms with Crippen molar-refractivity contribution in [3.8, 4) is 0 Å². The molecule has 0 aromatic heterocycles. The van der Waals surface area contributed by atoms with Gasteiger partial charge in [-0.3, -0.25) is 0 Å². The highest BCUT2D eigenvalue weighted by Crippen LogP contribution is 2.41. The van der Waals surface area contributed by atoms with Crippen LogP contribution in [0.4, 0.5) is 0 Å². The van der Waals surface area contributed by atoms with Crippen LogP contribution in [0.25, 0.3) is 0 Å². The lowest BCUT2D eigenvalue weighted by atomic mass is 9.65. The van der Waals surface area contributed by atoms with E-state index in [-0.39, 0.29) is 0 Å². The molecule has 0 radical (unpaired) electrons. The van der Waals surface area contributed by atoms with Crippen molar-refractivity contribution in [3.05, 3.63) is 34.9 Å². The zero-order chi connectivity index (χ0) is 8.06. The van der Waals surface area contributed by atoms with Crippen LogP contribution in [0.15, 0.2) is 18.2 Å². The summed E-state index contributed by atoms with van der Waals surface area (Å²) in [6, 6.07) is 6.62. The van der Waals surface area contributed by atoms with Crippen LogP contribution in [0.3, 0.4) is 0 Å². The van der Waals surface area contributed by atoms with Gasteiger partial charge in [-0.2, -0.15) is 0 Å². The van der Waals surface area contributed by atoms with Crippen LogP contribution in [-0.4, -0.2) is 0 Å². The van der Waals surface area contributed by atoms with Crippen LogP contribution in [0.5, 0.6) is 0 Å². The first kappa shape index (κ1) is 6.90. The Bertz CT molecular complexity index is 295. The van der Waals surface area contributed by atoms with E-state index in [2.05, 4.69) is 39.0 Å². The molecule has 1 aliphatic rings. The van der Waals surface area contributed by atoms with Gasteiger partial charge < -0.3 is 0 Å². The SMILES string of the molecule is Cc1cccc2c1CC2(C)C. The van der Waals surface area contributed by atoms with Crippen molar-refractivity contribution in [3.63, 3.8) is 0 Å². The molecule has 2 rings (SSSR count). The van der Waals surface area contributed by atoms with Crippen LogP contribution in [-0.2, 0) is 11.8 Å². The van der Waals surface area contributed by atoms with Gasteiger partial charge in [0.2, 0.25) is 0 Å². The van der Waals surface area contributed by atoms with Gasteiger partial charge in [-0.25, -0.2) is 0 Å². The zero-order valence-corrected chi connectivity index (χ0v) is 7.44. The Morgan fingerprint density at radius 1 is 1.27 bits per heavy atom. The Morgan fingerprint density at radius 2 is 2.00 bits per heavy atom. The van der Waals surface area contributed by atoms with Gasteiger partial charge in [-0.15, -0.1) is 0 Å². The fourth-order valence-corrected chi connectivity index (χ4v) is 2.00. The fourth-order valence-electron chi connectivity index (χ4n) is 2.00. The van der Waals surface area contributed by atoms with E-state index >= 15 is 0 Å². The third kappa shape index (κ3) is 0.819. The van der Waals surface area contributed by atoms with Gasteiger partial charge in [0.25, 0.3) is 0 Å². The van der Waals surface area contributed by atoms with E-state index in [9.17, 15) is 0 Å². The molecular weight excluding hydrogens is 132 g/mol. The molecule has 0 nitrogen and oxygen atoms in total. The van der Waals surface area contributed by atoms with Crippen molar-refractivity contribution in [1.29, 1.82) is 0 Å². The summed E-state index contributed by atoms with van der Waals surface area (Å²) in [4.78, 5) is 0. The molecule has 1 aromatic rings. The van der Waals surface area contributed by atoms with Crippen LogP contribution in [0.1, 0.15) is 30.5 Å². The smallest absolute Gasteiger partial charge is 0.00602 e. The summed E-state index contributed by atoms with van der Waals surface area (Å²) in [6.45, 7) is 6.83. The van der Waals surface area contributed by atoms with Gasteiger partial charge in [0, 0.05) is 0 Å². The minimum Gasteiger partial charge on any atom is -0.0617 e. The Balaban J connectivity index is 2.57. The van der Waals surface area contributed by atoms with E-state index in [1.54, 1.807) is 11.1 Å². The third-order valence-electron chi connectivity index (χ3n) is 2.76. The normalized spacial score (nSPS) is 18.8. The van der Waals surface area contributed by atoms with Gasteiger partial charge in [-0.1, -0.05) is 32.0 Å². The van der Waals surface area contributed by atoms with Crippen molar-refractivity contribution in [2.24, 2.45) is 0 Å². The number of fused-ring (bicyclic) bond motifs is 1. The molecule has 1 aliphatic carbocycles. The number of rotatable bonds is 0. The molecule has 0 amide bonds. The molecule has 0 N–H and O–H groups in total. The molecule has 0 unspecified atom stereocenters. The second kappa shape index (κ2) is 1.88. The van der Waals surface area contributed by atoms with E-state index in [0.29, 0.717) is 5.41 Å². The summed E-state index contributed by atoms with van der Waals surface area (Å²) in [5.41, 5.74) is 5.04. The topological polar surface area (TPSA) is 0 Å². The second-order valence-corrected chi connectivity index (χ2v) is 4.16. The Kier molecular flexibility index (Phi) is 1.18. The molecule has 0 saturated heterocycles. The molecule has 0 atom stereocenters. The third-order valence-corrected chi connectivity index (χ3v) is 2.76. The number of hydrogen-bond donors (Lipinski definition) is 0. The predicted molar refractivity (Wildman–Crippen MR) is 47.9 cm³/mol. The molecule has 0 aliphatic heterocycles. The van der Waals surface area contributed by atoms with Gasteiger partial charge in [0.05, 0.1) is 0 Å². The molecule has 0 heterocycles. The van der Waals surface area contributed by atoms with Crippen molar-refractivity contribution < 1.29 is 0 Å². The second-order valence-electron chi connectivity index (χ2n) is 4.16. The summed E-state index contributed by atoms with van der Waals surface area (Å²) in [7, 11) is 0. The first-order valence-corrected chi connectivity index (χ1v) is 4.20. The molecule has 58 valence electrons. The molecule has 11 heavy (non-hydrogen) atoms. The highest BCUT2D eigenvalue weighted by molar-refractivity contribution is 5.47. The fraction of sp³-hybridized carbons (Fsp3) is 0.455. The molecule has 0 spiro atoms. The van der Waals surface area contributed by atoms with Crippen LogP contribution in [0, 0.1) is 6.92 Å². The van der Waals surface area contributed by atoms with Gasteiger partial charge in [0.1, 0.15) is 0 Å². The molecular formula is C11H14. The Labute approximate surface area is 68.3 Å². The standard InChI is InChI=1S/C11H14/c1-8-5-4-6-10-9(8)7-11(10,2)3/h4-6H,7H2,1-3H3. The lowest BCUT2D eigenvalue weighted by Crippen LogP contribution is -2.33. The number of aryl methyl sites for hydroxylation is 1. The summed E-state index contributed by atoms with van der Waals surface area (Å²) in [5, 5.41) is 0. The Hall–Kier alpha value is -0.780. The molecule has 0 saturated carbocycles. The van der Waals surface area contributed by atoms with Gasteiger partial charge in [0.15, 0.2) is 0 Å². The molecule has 0 bridgehead atoms. The minimum atomic E-state index is 0.446. The quantitative estimate of drug-likeness (QED) is 0.528. The highest BCUT2D eigenvalue weighted by Gasteiger charge is 2.34. The van der Waals surface area contributed by atoms with Crippen molar-refractivity contribution in [1.82, 2.24) is 0 Å². The van der Waals surface area contributed by atoms with Crippen molar-refractivity contribution >= 4 is 0 Å². The molecule has 0 fully saturated rings. The van der Waals surface area contributed by atoms with E-state index in [0.717, 1.165) is 0 Å². The van der Waals surface area contributed by atoms with Crippen LogP contribution >= 0.6 is 0 Å². The zero-order valence-electron chi connectivity index (χ0n) is 7.44. The summed E-state index contributed by atoms with van der Waals surface area (Å²) >= 11 is 0. The highest BCUT2D eigenvalue weighted by atomic mass is 14.4. The van der Waals surface area contributed by atoms with E-state index in [4.69, 9.17) is 0 Å². The average molecular weight is 146 g/mol.